The van der Waals surface area contributed by atoms with Gasteiger partial charge in [0.15, 0.2) is 18.8 Å². The van der Waals surface area contributed by atoms with Crippen LogP contribution in [0.1, 0.15) is 65.2 Å². The summed E-state index contributed by atoms with van der Waals surface area (Å²) < 4.78 is 10.2. The van der Waals surface area contributed by atoms with Gasteiger partial charge >= 0.3 is 0 Å². The fourth-order valence-electron chi connectivity index (χ4n) is 1.68. The fraction of sp³-hybridized carbons (Fsp3) is 0.800. The molecule has 0 amide bonds. The van der Waals surface area contributed by atoms with Gasteiger partial charge in [0.05, 0.1) is 0 Å². The van der Waals surface area contributed by atoms with E-state index in [9.17, 15) is 4.79 Å². The average molecular weight is 256 g/mol. The van der Waals surface area contributed by atoms with Crippen molar-refractivity contribution in [3.05, 3.63) is 11.8 Å². The highest BCUT2D eigenvalue weighted by Gasteiger charge is 1.95. The van der Waals surface area contributed by atoms with Crippen molar-refractivity contribution < 1.29 is 14.3 Å². The number of aldehydes is 1. The predicted octanol–water partition coefficient (Wildman–Crippen LogP) is 4.22. The van der Waals surface area contributed by atoms with Crippen molar-refractivity contribution in [2.24, 2.45) is 0 Å². The van der Waals surface area contributed by atoms with Crippen LogP contribution in [0.2, 0.25) is 0 Å². The zero-order valence-corrected chi connectivity index (χ0v) is 12.0. The van der Waals surface area contributed by atoms with Gasteiger partial charge in [-0.1, -0.05) is 45.4 Å². The van der Waals surface area contributed by atoms with Crippen LogP contribution in [0.5, 0.6) is 0 Å². The lowest BCUT2D eigenvalue weighted by atomic mass is 10.1. The number of hydrogen-bond acceptors (Lipinski definition) is 3. The molecule has 0 aliphatic rings. The maximum atomic E-state index is 10.7. The van der Waals surface area contributed by atoms with Crippen LogP contribution in [0.4, 0.5) is 0 Å². The Labute approximate surface area is 112 Å². The highest BCUT2D eigenvalue weighted by atomic mass is 16.7. The topological polar surface area (TPSA) is 35.5 Å². The summed E-state index contributed by atoms with van der Waals surface area (Å²) >= 11 is 0. The molecule has 0 saturated heterocycles. The minimum Gasteiger partial charge on any atom is -0.464 e. The minimum absolute atomic E-state index is 0.165. The Hall–Kier alpha value is -0.830. The third-order valence-electron chi connectivity index (χ3n) is 2.78. The molecule has 106 valence electrons. The van der Waals surface area contributed by atoms with Crippen molar-refractivity contribution in [1.82, 2.24) is 0 Å². The maximum Gasteiger partial charge on any atom is 0.189 e. The molecule has 0 radical (unpaired) electrons. The summed E-state index contributed by atoms with van der Waals surface area (Å²) in [5, 5.41) is 0. The van der Waals surface area contributed by atoms with Crippen LogP contribution in [0.3, 0.4) is 0 Å². The van der Waals surface area contributed by atoms with Gasteiger partial charge in [-0.3, -0.25) is 4.79 Å². The van der Waals surface area contributed by atoms with Crippen LogP contribution in [-0.4, -0.2) is 19.7 Å². The Morgan fingerprint density at radius 3 is 2.28 bits per heavy atom. The largest absolute Gasteiger partial charge is 0.464 e. The molecule has 0 N–H and O–H groups in total. The Morgan fingerprint density at radius 1 is 1.00 bits per heavy atom. The third-order valence-corrected chi connectivity index (χ3v) is 2.78. The van der Waals surface area contributed by atoms with E-state index in [4.69, 9.17) is 9.47 Å². The molecular weight excluding hydrogens is 228 g/mol. The van der Waals surface area contributed by atoms with E-state index in [0.29, 0.717) is 12.4 Å². The molecule has 0 unspecified atom stereocenters. The lowest BCUT2D eigenvalue weighted by Gasteiger charge is -2.04. The van der Waals surface area contributed by atoms with Crippen LogP contribution in [0.25, 0.3) is 0 Å². The highest BCUT2D eigenvalue weighted by molar-refractivity contribution is 5.69. The molecule has 0 atom stereocenters. The van der Waals surface area contributed by atoms with Gasteiger partial charge in [0.25, 0.3) is 0 Å². The number of carbonyl (C=O) groups excluding carboxylic acids is 1. The van der Waals surface area contributed by atoms with Crippen molar-refractivity contribution in [3.8, 4) is 0 Å². The van der Waals surface area contributed by atoms with E-state index in [1.807, 2.05) is 13.0 Å². The van der Waals surface area contributed by atoms with Crippen molar-refractivity contribution >= 4 is 6.29 Å². The van der Waals surface area contributed by atoms with E-state index in [-0.39, 0.29) is 6.79 Å². The number of rotatable bonds is 13. The fourth-order valence-corrected chi connectivity index (χ4v) is 1.68. The molecule has 0 aromatic rings. The van der Waals surface area contributed by atoms with Crippen LogP contribution in [0.15, 0.2) is 11.8 Å². The molecule has 3 nitrogen and oxygen atoms in total. The molecule has 0 saturated carbocycles. The Balaban J connectivity index is 3.43. The highest BCUT2D eigenvalue weighted by Crippen LogP contribution is 2.09. The first-order valence-corrected chi connectivity index (χ1v) is 7.21. The van der Waals surface area contributed by atoms with Crippen LogP contribution < -0.4 is 0 Å². The van der Waals surface area contributed by atoms with Crippen LogP contribution >= 0.6 is 0 Å². The third kappa shape index (κ3) is 11.6. The first kappa shape index (κ1) is 17.2. The quantitative estimate of drug-likeness (QED) is 0.163. The summed E-state index contributed by atoms with van der Waals surface area (Å²) in [6.07, 6.45) is 12.5. The second kappa shape index (κ2) is 14.2. The Morgan fingerprint density at radius 2 is 1.67 bits per heavy atom. The van der Waals surface area contributed by atoms with E-state index in [1.165, 1.54) is 38.5 Å². The second-order valence-electron chi connectivity index (χ2n) is 4.39. The lowest BCUT2D eigenvalue weighted by molar-refractivity contribution is -0.110. The number of carbonyl (C=O) groups is 1. The number of hydrogen-bond donors (Lipinski definition) is 0. The number of ether oxygens (including phenoxy) is 2. The van der Waals surface area contributed by atoms with E-state index in [2.05, 4.69) is 6.92 Å². The van der Waals surface area contributed by atoms with Crippen molar-refractivity contribution in [2.45, 2.75) is 65.2 Å². The number of allylic oxidation sites excluding steroid dienone is 2. The monoisotopic (exact) mass is 256 g/mol. The summed E-state index contributed by atoms with van der Waals surface area (Å²) in [5.41, 5.74) is 0. The lowest BCUT2D eigenvalue weighted by Crippen LogP contribution is -2.00. The predicted molar refractivity (Wildman–Crippen MR) is 74.3 cm³/mol. The molecule has 0 bridgehead atoms. The van der Waals surface area contributed by atoms with Crippen LogP contribution in [-0.2, 0) is 14.3 Å². The minimum atomic E-state index is 0.165. The molecule has 0 aromatic heterocycles. The van der Waals surface area contributed by atoms with Gasteiger partial charge in [-0.15, -0.1) is 0 Å². The van der Waals surface area contributed by atoms with E-state index < -0.39 is 0 Å². The molecule has 0 rings (SSSR count). The van der Waals surface area contributed by atoms with Gasteiger partial charge in [-0.05, 0) is 25.8 Å². The molecular formula is C15H28O3. The second-order valence-corrected chi connectivity index (χ2v) is 4.39. The maximum absolute atomic E-state index is 10.7. The van der Waals surface area contributed by atoms with E-state index in [1.54, 1.807) is 0 Å². The van der Waals surface area contributed by atoms with Gasteiger partial charge < -0.3 is 9.47 Å². The van der Waals surface area contributed by atoms with Gasteiger partial charge in [0.2, 0.25) is 0 Å². The first-order chi connectivity index (χ1) is 8.85. The molecule has 0 aromatic carbocycles. The summed E-state index contributed by atoms with van der Waals surface area (Å²) in [4.78, 5) is 10.7. The smallest absolute Gasteiger partial charge is 0.189 e. The SMILES string of the molecule is CCCCCCCCCC=C(C=O)OCOCC. The first-order valence-electron chi connectivity index (χ1n) is 7.21. The molecule has 18 heavy (non-hydrogen) atoms. The Bertz CT molecular complexity index is 212. The van der Waals surface area contributed by atoms with Crippen LogP contribution in [0, 0.1) is 0 Å². The normalized spacial score (nSPS) is 11.6. The molecule has 0 fully saturated rings. The standard InChI is InChI=1S/C15H28O3/c1-3-5-6-7-8-9-10-11-12-15(13-16)18-14-17-4-2/h12-13H,3-11,14H2,1-2H3. The summed E-state index contributed by atoms with van der Waals surface area (Å²) in [7, 11) is 0. The molecule has 0 aliphatic heterocycles. The average Bonchev–Trinajstić information content (AvgIpc) is 2.40. The molecule has 3 heteroatoms. The zero-order valence-electron chi connectivity index (χ0n) is 12.0. The summed E-state index contributed by atoms with van der Waals surface area (Å²) in [6, 6.07) is 0. The summed E-state index contributed by atoms with van der Waals surface area (Å²) in [5.74, 6) is 0.398. The van der Waals surface area contributed by atoms with Gasteiger partial charge in [0.1, 0.15) is 0 Å². The molecule has 0 aliphatic carbocycles. The Kier molecular flexibility index (Phi) is 13.6. The van der Waals surface area contributed by atoms with Gasteiger partial charge in [-0.2, -0.15) is 0 Å². The molecule has 0 heterocycles. The van der Waals surface area contributed by atoms with Crippen molar-refractivity contribution in [1.29, 1.82) is 0 Å². The zero-order chi connectivity index (χ0) is 13.5. The number of unbranched alkanes of at least 4 members (excludes halogenated alkanes) is 7. The summed E-state index contributed by atoms with van der Waals surface area (Å²) in [6.45, 7) is 4.89. The van der Waals surface area contributed by atoms with Crippen molar-refractivity contribution in [2.75, 3.05) is 13.4 Å². The van der Waals surface area contributed by atoms with Gasteiger partial charge in [-0.25, -0.2) is 0 Å². The van der Waals surface area contributed by atoms with Crippen molar-refractivity contribution in [3.63, 3.8) is 0 Å². The molecule has 0 spiro atoms. The van der Waals surface area contributed by atoms with Gasteiger partial charge in [0, 0.05) is 6.61 Å². The van der Waals surface area contributed by atoms with E-state index in [0.717, 1.165) is 19.1 Å². The van der Waals surface area contributed by atoms with E-state index >= 15 is 0 Å².